The third-order valence-corrected chi connectivity index (χ3v) is 4.79. The molecular formula is C22H37BN4O6. The smallest absolute Gasteiger partial charge is 0.243 e. The number of carbonyl (C=O) groups is 3. The number of aliphatic hydroxyl groups is 2. The van der Waals surface area contributed by atoms with Crippen molar-refractivity contribution < 1.29 is 29.3 Å². The molecule has 2 radical (unpaired) electrons. The molecule has 11 heteroatoms. The van der Waals surface area contributed by atoms with Crippen molar-refractivity contribution in [3.63, 3.8) is 0 Å². The van der Waals surface area contributed by atoms with Gasteiger partial charge in [0, 0.05) is 18.3 Å². The Morgan fingerprint density at radius 3 is 2.30 bits per heavy atom. The number of rotatable bonds is 14. The Morgan fingerprint density at radius 1 is 1.15 bits per heavy atom. The van der Waals surface area contributed by atoms with Crippen LogP contribution in [0.2, 0.25) is 0 Å². The van der Waals surface area contributed by atoms with Gasteiger partial charge in [-0.3, -0.25) is 14.4 Å². The molecule has 0 aliphatic rings. The number of anilines is 1. The molecule has 3 atom stereocenters. The fourth-order valence-corrected chi connectivity index (χ4v) is 2.40. The molecule has 0 aliphatic heterocycles. The summed E-state index contributed by atoms with van der Waals surface area (Å²) >= 11 is 0. The van der Waals surface area contributed by atoms with E-state index < -0.39 is 18.1 Å². The Labute approximate surface area is 197 Å². The molecule has 1 rings (SSSR count). The lowest BCUT2D eigenvalue weighted by Crippen LogP contribution is -2.35. The van der Waals surface area contributed by atoms with Crippen LogP contribution in [0.5, 0.6) is 0 Å². The van der Waals surface area contributed by atoms with Crippen LogP contribution in [0.15, 0.2) is 24.3 Å². The molecule has 0 heterocycles. The number of carbonyl (C=O) groups excluding carboxylic acids is 3. The number of ether oxygens (including phenoxy) is 1. The van der Waals surface area contributed by atoms with E-state index in [4.69, 9.17) is 13.6 Å². The highest BCUT2D eigenvalue weighted by molar-refractivity contribution is 6.55. The Balaban J connectivity index is 0.000000633. The third kappa shape index (κ3) is 15.9. The van der Waals surface area contributed by atoms with Crippen molar-refractivity contribution in [1.29, 1.82) is 0 Å². The van der Waals surface area contributed by atoms with Crippen LogP contribution >= 0.6 is 0 Å². The van der Waals surface area contributed by atoms with Crippen molar-refractivity contribution in [1.82, 2.24) is 10.6 Å². The molecule has 7 N–H and O–H groups in total. The van der Waals surface area contributed by atoms with Gasteiger partial charge < -0.3 is 36.6 Å². The molecule has 10 nitrogen and oxygen atoms in total. The number of nitrogens with two attached hydrogens (primary N) is 1. The molecule has 0 saturated carbocycles. The van der Waals surface area contributed by atoms with Crippen LogP contribution in [0, 0.1) is 5.92 Å². The van der Waals surface area contributed by atoms with Crippen molar-refractivity contribution in [2.24, 2.45) is 11.7 Å². The van der Waals surface area contributed by atoms with E-state index in [1.807, 2.05) is 0 Å². The van der Waals surface area contributed by atoms with Gasteiger partial charge >= 0.3 is 0 Å². The highest BCUT2D eigenvalue weighted by Gasteiger charge is 2.14. The molecule has 0 fully saturated rings. The number of hydrogen-bond donors (Lipinski definition) is 6. The fourth-order valence-electron chi connectivity index (χ4n) is 2.40. The summed E-state index contributed by atoms with van der Waals surface area (Å²) in [6, 6.07) is 7.16. The van der Waals surface area contributed by atoms with Crippen molar-refractivity contribution >= 4 is 31.7 Å². The summed E-state index contributed by atoms with van der Waals surface area (Å²) in [5, 5.41) is 26.9. The summed E-state index contributed by atoms with van der Waals surface area (Å²) in [5.74, 6) is -0.555. The Bertz CT molecular complexity index is 690. The van der Waals surface area contributed by atoms with E-state index in [1.54, 1.807) is 24.3 Å². The predicted molar refractivity (Wildman–Crippen MR) is 128 cm³/mol. The number of nitrogens with one attached hydrogen (secondary N) is 3. The number of aliphatic hydroxyl groups excluding tert-OH is 2. The lowest BCUT2D eigenvalue weighted by atomic mass is 10.1. The summed E-state index contributed by atoms with van der Waals surface area (Å²) in [7, 11) is 4.83. The highest BCUT2D eigenvalue weighted by atomic mass is 16.5. The summed E-state index contributed by atoms with van der Waals surface area (Å²) in [6.07, 6.45) is 0.425. The minimum absolute atomic E-state index is 0.0796. The van der Waals surface area contributed by atoms with Gasteiger partial charge in [-0.25, -0.2) is 0 Å². The summed E-state index contributed by atoms with van der Waals surface area (Å²) in [4.78, 5) is 31.6. The number of hydrogen-bond acceptors (Lipinski definition) is 8. The van der Waals surface area contributed by atoms with Gasteiger partial charge in [-0.2, -0.15) is 0 Å². The SMILES string of the molecule is CC(C)C(C)NCCCC(O)C(O)CN.[B]C(=O)OCc1ccc(NC(=O)CNC=O)cc1. The van der Waals surface area contributed by atoms with Crippen molar-refractivity contribution in [2.75, 3.05) is 25.0 Å². The minimum Gasteiger partial charge on any atom is -0.470 e. The van der Waals surface area contributed by atoms with Crippen LogP contribution in [0.3, 0.4) is 0 Å². The topological polar surface area (TPSA) is 163 Å². The summed E-state index contributed by atoms with van der Waals surface area (Å²) < 4.78 is 4.60. The zero-order chi connectivity index (χ0) is 25.2. The van der Waals surface area contributed by atoms with E-state index >= 15 is 0 Å². The molecule has 0 aliphatic carbocycles. The third-order valence-electron chi connectivity index (χ3n) is 4.79. The van der Waals surface area contributed by atoms with E-state index in [9.17, 15) is 24.6 Å². The van der Waals surface area contributed by atoms with Gasteiger partial charge in [-0.05, 0) is 49.9 Å². The van der Waals surface area contributed by atoms with Crippen LogP contribution in [-0.4, -0.2) is 74.1 Å². The molecule has 33 heavy (non-hydrogen) atoms. The maximum atomic E-state index is 11.3. The zero-order valence-corrected chi connectivity index (χ0v) is 19.6. The fraction of sp³-hybridized carbons (Fsp3) is 0.591. The second-order valence-corrected chi connectivity index (χ2v) is 7.85. The van der Waals surface area contributed by atoms with Gasteiger partial charge in [0.1, 0.15) is 6.61 Å². The van der Waals surface area contributed by atoms with Crippen LogP contribution in [-0.2, 0) is 20.9 Å². The first kappa shape index (κ1) is 30.5. The Morgan fingerprint density at radius 2 is 1.79 bits per heavy atom. The zero-order valence-electron chi connectivity index (χ0n) is 19.6. The van der Waals surface area contributed by atoms with E-state index in [1.165, 1.54) is 0 Å². The quantitative estimate of drug-likeness (QED) is 0.130. The van der Waals surface area contributed by atoms with Gasteiger partial charge in [0.2, 0.25) is 26.0 Å². The van der Waals surface area contributed by atoms with Crippen LogP contribution in [0.25, 0.3) is 0 Å². The average molecular weight is 464 g/mol. The second-order valence-electron chi connectivity index (χ2n) is 7.85. The Hall–Kier alpha value is -2.47. The van der Waals surface area contributed by atoms with Crippen molar-refractivity contribution in [3.05, 3.63) is 29.8 Å². The van der Waals surface area contributed by atoms with Gasteiger partial charge in [0.25, 0.3) is 0 Å². The molecular weight excluding hydrogens is 427 g/mol. The second kappa shape index (κ2) is 18.0. The van der Waals surface area contributed by atoms with E-state index in [2.05, 4.69) is 41.5 Å². The highest BCUT2D eigenvalue weighted by Crippen LogP contribution is 2.10. The lowest BCUT2D eigenvalue weighted by Gasteiger charge is -2.19. The largest absolute Gasteiger partial charge is 0.470 e. The Kier molecular flexibility index (Phi) is 16.7. The molecule has 0 saturated heterocycles. The lowest BCUT2D eigenvalue weighted by molar-refractivity contribution is -0.118. The van der Waals surface area contributed by atoms with Gasteiger partial charge in [-0.1, -0.05) is 26.0 Å². The van der Waals surface area contributed by atoms with Crippen molar-refractivity contribution in [2.45, 2.75) is 58.5 Å². The number of amides is 2. The van der Waals surface area contributed by atoms with E-state index in [0.29, 0.717) is 30.5 Å². The standard InChI is InChI=1S/C11H11BN2O4.C11H26N2O2/c12-11(17)18-6-8-1-3-9(4-2-8)14-10(16)5-13-7-15;1-8(2)9(3)13-6-4-5-10(14)11(15)7-12/h1-4,7H,5-6H2,(H,13,15)(H,14,16);8-11,13-15H,4-7,12H2,1-3H3. The summed E-state index contributed by atoms with van der Waals surface area (Å²) in [5.41, 5.74) is 6.57. The monoisotopic (exact) mass is 464 g/mol. The first-order valence-corrected chi connectivity index (χ1v) is 10.9. The predicted octanol–water partition coefficient (Wildman–Crippen LogP) is 0.257. The molecule has 2 amide bonds. The first-order chi connectivity index (χ1) is 15.6. The molecule has 1 aromatic rings. The van der Waals surface area contributed by atoms with Crippen LogP contribution in [0.1, 0.15) is 39.2 Å². The molecule has 0 spiro atoms. The van der Waals surface area contributed by atoms with Crippen molar-refractivity contribution in [3.8, 4) is 0 Å². The number of benzene rings is 1. The van der Waals surface area contributed by atoms with E-state index in [0.717, 1.165) is 18.5 Å². The molecule has 0 bridgehead atoms. The van der Waals surface area contributed by atoms with Gasteiger partial charge in [-0.15, -0.1) is 0 Å². The van der Waals surface area contributed by atoms with Crippen LogP contribution < -0.4 is 21.7 Å². The van der Waals surface area contributed by atoms with Gasteiger partial charge in [0.05, 0.1) is 18.8 Å². The molecule has 1 aromatic carbocycles. The van der Waals surface area contributed by atoms with Gasteiger partial charge in [0.15, 0.2) is 0 Å². The first-order valence-electron chi connectivity index (χ1n) is 10.9. The average Bonchev–Trinajstić information content (AvgIpc) is 2.79. The van der Waals surface area contributed by atoms with E-state index in [-0.39, 0.29) is 25.6 Å². The maximum Gasteiger partial charge on any atom is 0.243 e. The molecule has 3 unspecified atom stereocenters. The maximum absolute atomic E-state index is 11.3. The minimum atomic E-state index is -0.840. The van der Waals surface area contributed by atoms with Crippen LogP contribution in [0.4, 0.5) is 10.5 Å². The summed E-state index contributed by atoms with van der Waals surface area (Å²) in [6.45, 7) is 7.47. The molecule has 184 valence electrons. The molecule has 0 aromatic heterocycles. The normalized spacial score (nSPS) is 13.2.